The van der Waals surface area contributed by atoms with Crippen LogP contribution in [0.3, 0.4) is 0 Å². The summed E-state index contributed by atoms with van der Waals surface area (Å²) >= 11 is 8.38. The van der Waals surface area contributed by atoms with Gasteiger partial charge in [0.15, 0.2) is 0 Å². The summed E-state index contributed by atoms with van der Waals surface area (Å²) in [7, 11) is 0. The van der Waals surface area contributed by atoms with Gasteiger partial charge >= 0.3 is 5.97 Å². The molecule has 4 aliphatic rings. The van der Waals surface area contributed by atoms with Gasteiger partial charge in [-0.05, 0) is 97.2 Å². The van der Waals surface area contributed by atoms with Crippen molar-refractivity contribution in [2.75, 3.05) is 0 Å². The first-order chi connectivity index (χ1) is 16.4. The Labute approximate surface area is 232 Å². The summed E-state index contributed by atoms with van der Waals surface area (Å²) in [6.45, 7) is 16.4. The molecule has 4 aliphatic carbocycles. The maximum Gasteiger partial charge on any atom is 0.302 e. The summed E-state index contributed by atoms with van der Waals surface area (Å²) < 4.78 is 5.64. The van der Waals surface area contributed by atoms with E-state index in [0.717, 1.165) is 36.5 Å². The topological polar surface area (TPSA) is 26.3 Å². The van der Waals surface area contributed by atoms with Crippen LogP contribution in [0.5, 0.6) is 0 Å². The fraction of sp³-hybridized carbons (Fsp3) is 0.903. The Bertz CT molecular complexity index is 808. The summed E-state index contributed by atoms with van der Waals surface area (Å²) in [5.74, 6) is 5.28. The number of fused-ring (bicyclic) bond motifs is 5. The summed E-state index contributed by atoms with van der Waals surface area (Å²) in [5.41, 5.74) is 2.38. The van der Waals surface area contributed by atoms with Gasteiger partial charge in [0.05, 0.1) is 0 Å². The lowest BCUT2D eigenvalue weighted by Gasteiger charge is -2.58. The van der Waals surface area contributed by atoms with E-state index in [-0.39, 0.29) is 12.1 Å². The van der Waals surface area contributed by atoms with Crippen LogP contribution in [0.4, 0.5) is 0 Å². The van der Waals surface area contributed by atoms with Crippen molar-refractivity contribution in [2.45, 2.75) is 122 Å². The predicted octanol–water partition coefficient (Wildman–Crippen LogP) is 9.34. The highest BCUT2D eigenvalue weighted by Crippen LogP contribution is 2.67. The van der Waals surface area contributed by atoms with E-state index in [0.29, 0.717) is 38.2 Å². The second-order valence-corrected chi connectivity index (χ2v) is 15.6. The van der Waals surface area contributed by atoms with Crippen LogP contribution >= 0.6 is 31.9 Å². The summed E-state index contributed by atoms with van der Waals surface area (Å²) in [6, 6.07) is 0. The lowest BCUT2D eigenvalue weighted by Crippen LogP contribution is -2.51. The van der Waals surface area contributed by atoms with Crippen molar-refractivity contribution < 1.29 is 9.53 Å². The number of rotatable bonds is 7. The van der Waals surface area contributed by atoms with Crippen LogP contribution in [0.2, 0.25) is 0 Å². The van der Waals surface area contributed by atoms with Crippen LogP contribution in [0.15, 0.2) is 11.6 Å². The number of hydrogen-bond acceptors (Lipinski definition) is 2. The third-order valence-electron chi connectivity index (χ3n) is 11.6. The Kier molecular flexibility index (Phi) is 8.65. The lowest BCUT2D eigenvalue weighted by atomic mass is 9.47. The molecule has 0 amide bonds. The lowest BCUT2D eigenvalue weighted by molar-refractivity contribution is -0.148. The molecular weight excluding hydrogens is 564 g/mol. The van der Waals surface area contributed by atoms with Gasteiger partial charge < -0.3 is 4.74 Å². The maximum absolute atomic E-state index is 11.6. The van der Waals surface area contributed by atoms with E-state index in [1.54, 1.807) is 12.5 Å². The van der Waals surface area contributed by atoms with E-state index < -0.39 is 0 Å². The molecule has 3 saturated carbocycles. The van der Waals surface area contributed by atoms with E-state index in [1.807, 2.05) is 0 Å². The number of carbonyl (C=O) groups is 1. The Hall–Kier alpha value is 0.170. The van der Waals surface area contributed by atoms with E-state index in [4.69, 9.17) is 4.74 Å². The first-order valence-corrected chi connectivity index (χ1v) is 16.4. The van der Waals surface area contributed by atoms with Crippen LogP contribution in [0.25, 0.3) is 0 Å². The fourth-order valence-electron chi connectivity index (χ4n) is 9.68. The van der Waals surface area contributed by atoms with Gasteiger partial charge in [-0.1, -0.05) is 91.5 Å². The molecule has 2 nitrogen and oxygen atoms in total. The van der Waals surface area contributed by atoms with Gasteiger partial charge in [0.2, 0.25) is 0 Å². The Balaban J connectivity index is 1.50. The van der Waals surface area contributed by atoms with E-state index in [9.17, 15) is 4.79 Å². The van der Waals surface area contributed by atoms with Gasteiger partial charge in [0.1, 0.15) is 6.10 Å². The van der Waals surface area contributed by atoms with Crippen molar-refractivity contribution in [3.05, 3.63) is 11.6 Å². The van der Waals surface area contributed by atoms with Crippen LogP contribution in [0, 0.1) is 52.3 Å². The van der Waals surface area contributed by atoms with Crippen molar-refractivity contribution in [3.8, 4) is 0 Å². The molecule has 0 spiro atoms. The van der Waals surface area contributed by atoms with Crippen molar-refractivity contribution in [2.24, 2.45) is 52.3 Å². The molecule has 0 saturated heterocycles. The van der Waals surface area contributed by atoms with Crippen LogP contribution in [0.1, 0.15) is 106 Å². The molecule has 200 valence electrons. The summed E-state index contributed by atoms with van der Waals surface area (Å²) in [4.78, 5) is 12.6. The molecule has 0 N–H and O–H groups in total. The smallest absolute Gasteiger partial charge is 0.302 e. The molecule has 0 aromatic rings. The van der Waals surface area contributed by atoms with Gasteiger partial charge in [-0.2, -0.15) is 0 Å². The Morgan fingerprint density at radius 1 is 1.06 bits per heavy atom. The van der Waals surface area contributed by atoms with Crippen molar-refractivity contribution in [1.82, 2.24) is 0 Å². The van der Waals surface area contributed by atoms with Crippen LogP contribution in [-0.2, 0) is 9.53 Å². The first kappa shape index (κ1) is 28.2. The average Bonchev–Trinajstić information content (AvgIpc) is 3.15. The molecular formula is C31H50Br2O2. The van der Waals surface area contributed by atoms with Crippen molar-refractivity contribution >= 4 is 37.8 Å². The van der Waals surface area contributed by atoms with Gasteiger partial charge in [-0.3, -0.25) is 4.79 Å². The summed E-state index contributed by atoms with van der Waals surface area (Å²) in [5, 5.41) is 0. The summed E-state index contributed by atoms with van der Waals surface area (Å²) in [6.07, 6.45) is 13.9. The molecule has 0 bridgehead atoms. The van der Waals surface area contributed by atoms with Gasteiger partial charge in [-0.15, -0.1) is 0 Å². The molecule has 0 aromatic carbocycles. The standard InChI is InChI=1S/C31H50Br2O2/c1-8-23(18(2)3)29(33)28(32)19(4)25-11-12-26-24-10-9-21-17-22(35-20(5)34)13-15-30(21,6)27(24)14-16-31(25,26)7/h9,18-19,22-29H,8,10-17H2,1-7H3/t19-,22-,23-,24-,25+,26-,27-,28?,29?,30-,31+/m0/s1. The molecule has 0 heterocycles. The van der Waals surface area contributed by atoms with Crippen LogP contribution < -0.4 is 0 Å². The number of halogens is 2. The number of alkyl halides is 2. The van der Waals surface area contributed by atoms with E-state index in [1.165, 1.54) is 44.9 Å². The third-order valence-corrected chi connectivity index (χ3v) is 15.0. The maximum atomic E-state index is 11.6. The normalized spacial score (nSPS) is 42.2. The predicted molar refractivity (Wildman–Crippen MR) is 154 cm³/mol. The molecule has 0 aliphatic heterocycles. The van der Waals surface area contributed by atoms with Crippen molar-refractivity contribution in [3.63, 3.8) is 0 Å². The zero-order chi connectivity index (χ0) is 25.7. The minimum atomic E-state index is -0.123. The molecule has 2 unspecified atom stereocenters. The van der Waals surface area contributed by atoms with Crippen molar-refractivity contribution in [1.29, 1.82) is 0 Å². The zero-order valence-corrected chi connectivity index (χ0v) is 26.5. The van der Waals surface area contributed by atoms with Gasteiger partial charge in [0.25, 0.3) is 0 Å². The van der Waals surface area contributed by atoms with E-state index >= 15 is 0 Å². The first-order valence-electron chi connectivity index (χ1n) is 14.6. The van der Waals surface area contributed by atoms with Crippen LogP contribution in [-0.4, -0.2) is 21.7 Å². The second-order valence-electron chi connectivity index (χ2n) is 13.5. The Morgan fingerprint density at radius 2 is 1.77 bits per heavy atom. The highest BCUT2D eigenvalue weighted by atomic mass is 79.9. The number of carbonyl (C=O) groups excluding carboxylic acids is 1. The molecule has 11 atom stereocenters. The molecule has 3 fully saturated rings. The molecule has 0 aromatic heterocycles. The van der Waals surface area contributed by atoms with Gasteiger partial charge in [-0.25, -0.2) is 0 Å². The largest absolute Gasteiger partial charge is 0.462 e. The number of ether oxygens (including phenoxy) is 1. The fourth-order valence-corrected chi connectivity index (χ4v) is 11.9. The third kappa shape index (κ3) is 4.99. The second kappa shape index (κ2) is 10.7. The van der Waals surface area contributed by atoms with Gasteiger partial charge in [0, 0.05) is 23.0 Å². The molecule has 0 radical (unpaired) electrons. The molecule has 4 rings (SSSR count). The van der Waals surface area contributed by atoms with E-state index in [2.05, 4.69) is 79.5 Å². The average molecular weight is 615 g/mol. The Morgan fingerprint density at radius 3 is 2.40 bits per heavy atom. The highest BCUT2D eigenvalue weighted by Gasteiger charge is 2.60. The zero-order valence-electron chi connectivity index (χ0n) is 23.3. The monoisotopic (exact) mass is 612 g/mol. The number of allylic oxidation sites excluding steroid dienone is 1. The number of hydrogen-bond donors (Lipinski definition) is 0. The minimum absolute atomic E-state index is 0.0970. The minimum Gasteiger partial charge on any atom is -0.462 e. The number of esters is 1. The molecule has 4 heteroatoms. The highest BCUT2D eigenvalue weighted by molar-refractivity contribution is 9.12. The SMILES string of the molecule is CC[C@@H](C(C)C)C(Br)C(Br)[C@@H](C)[C@H]1CC[C@H]2[C@@H]3CC=C4C[C@@H](OC(C)=O)CC[C@]4(C)[C@H]3CC[C@]12C. The quantitative estimate of drug-likeness (QED) is 0.162. The molecule has 35 heavy (non-hydrogen) atoms.